The molecule has 2 heterocycles. The minimum Gasteiger partial charge on any atom is -0.333 e. The van der Waals surface area contributed by atoms with E-state index in [1.807, 2.05) is 24.3 Å². The predicted molar refractivity (Wildman–Crippen MR) is 72.8 cm³/mol. The van der Waals surface area contributed by atoms with Crippen molar-refractivity contribution < 1.29 is 13.2 Å². The fourth-order valence-electron chi connectivity index (χ4n) is 2.99. The number of nitrogens with zero attached hydrogens (tertiary/aromatic N) is 1. The lowest BCUT2D eigenvalue weighted by atomic mass is 10.1. The average molecular weight is 279 g/mol. The first-order valence-electron chi connectivity index (χ1n) is 6.62. The first kappa shape index (κ1) is 12.7. The van der Waals surface area contributed by atoms with Gasteiger partial charge in [-0.1, -0.05) is 19.1 Å². The Bertz CT molecular complexity index is 606. The maximum absolute atomic E-state index is 12.4. The van der Waals surface area contributed by atoms with Crippen molar-refractivity contribution in [1.82, 2.24) is 4.90 Å². The van der Waals surface area contributed by atoms with E-state index in [9.17, 15) is 13.2 Å². The van der Waals surface area contributed by atoms with Crippen molar-refractivity contribution in [3.05, 3.63) is 35.4 Å². The Morgan fingerprint density at radius 3 is 2.47 bits per heavy atom. The largest absolute Gasteiger partial charge is 0.333 e. The van der Waals surface area contributed by atoms with Gasteiger partial charge >= 0.3 is 0 Å². The van der Waals surface area contributed by atoms with Crippen molar-refractivity contribution in [2.24, 2.45) is 0 Å². The monoisotopic (exact) mass is 279 g/mol. The second kappa shape index (κ2) is 4.34. The van der Waals surface area contributed by atoms with E-state index >= 15 is 0 Å². The van der Waals surface area contributed by atoms with Crippen molar-refractivity contribution in [3.8, 4) is 0 Å². The minimum atomic E-state index is -2.94. The summed E-state index contributed by atoms with van der Waals surface area (Å²) in [4.78, 5) is 14.1. The molecule has 0 aliphatic carbocycles. The third kappa shape index (κ3) is 2.06. The van der Waals surface area contributed by atoms with Gasteiger partial charge in [-0.3, -0.25) is 4.79 Å². The fraction of sp³-hybridized carbons (Fsp3) is 0.500. The summed E-state index contributed by atoms with van der Waals surface area (Å²) in [7, 11) is -2.94. The molecular formula is C14H17NO3S. The highest BCUT2D eigenvalue weighted by Crippen LogP contribution is 2.33. The smallest absolute Gasteiger partial charge is 0.254 e. The summed E-state index contributed by atoms with van der Waals surface area (Å²) in [6.45, 7) is 2.43. The highest BCUT2D eigenvalue weighted by Gasteiger charge is 2.49. The van der Waals surface area contributed by atoms with Crippen LogP contribution in [0.3, 0.4) is 0 Å². The number of hydrogen-bond donors (Lipinski definition) is 0. The first-order chi connectivity index (χ1) is 9.01. The van der Waals surface area contributed by atoms with Crippen LogP contribution in [0.5, 0.6) is 0 Å². The highest BCUT2D eigenvalue weighted by atomic mass is 32.2. The second-order valence-electron chi connectivity index (χ2n) is 5.35. The first-order valence-corrected chi connectivity index (χ1v) is 8.34. The van der Waals surface area contributed by atoms with Gasteiger partial charge in [0.2, 0.25) is 0 Å². The van der Waals surface area contributed by atoms with Gasteiger partial charge in [-0.2, -0.15) is 0 Å². The van der Waals surface area contributed by atoms with Gasteiger partial charge in [0.1, 0.15) is 0 Å². The average Bonchev–Trinajstić information content (AvgIpc) is 2.93. The molecule has 2 bridgehead atoms. The molecule has 2 fully saturated rings. The lowest BCUT2D eigenvalue weighted by Crippen LogP contribution is -2.44. The van der Waals surface area contributed by atoms with Crippen LogP contribution in [-0.2, 0) is 16.3 Å². The Morgan fingerprint density at radius 2 is 2.00 bits per heavy atom. The number of rotatable bonds is 2. The number of carbonyl (C=O) groups is 1. The van der Waals surface area contributed by atoms with Crippen LogP contribution in [0.2, 0.25) is 0 Å². The summed E-state index contributed by atoms with van der Waals surface area (Å²) in [5.41, 5.74) is 1.85. The molecule has 102 valence electrons. The van der Waals surface area contributed by atoms with E-state index in [1.165, 1.54) is 5.56 Å². The van der Waals surface area contributed by atoms with Gasteiger partial charge in [-0.15, -0.1) is 0 Å². The number of likely N-dealkylation sites (tertiary alicyclic amines) is 1. The maximum atomic E-state index is 12.4. The number of benzene rings is 1. The quantitative estimate of drug-likeness (QED) is 0.819. The van der Waals surface area contributed by atoms with Crippen LogP contribution in [-0.4, -0.2) is 42.8 Å². The normalized spacial score (nSPS) is 27.7. The van der Waals surface area contributed by atoms with E-state index < -0.39 is 9.84 Å². The molecular weight excluding hydrogens is 262 g/mol. The maximum Gasteiger partial charge on any atom is 0.254 e. The van der Waals surface area contributed by atoms with Crippen molar-refractivity contribution in [3.63, 3.8) is 0 Å². The van der Waals surface area contributed by atoms with Crippen LogP contribution in [0.25, 0.3) is 0 Å². The number of aryl methyl sites for hydroxylation is 1. The molecule has 4 nitrogen and oxygen atoms in total. The van der Waals surface area contributed by atoms with Crippen LogP contribution >= 0.6 is 0 Å². The van der Waals surface area contributed by atoms with Crippen molar-refractivity contribution in [2.45, 2.75) is 31.1 Å². The molecule has 5 heteroatoms. The van der Waals surface area contributed by atoms with E-state index in [0.29, 0.717) is 18.5 Å². The van der Waals surface area contributed by atoms with Crippen LogP contribution in [0.4, 0.5) is 0 Å². The van der Waals surface area contributed by atoms with E-state index in [1.54, 1.807) is 4.90 Å². The predicted octanol–water partition coefficient (Wildman–Crippen LogP) is 1.26. The number of amides is 1. The van der Waals surface area contributed by atoms with Gasteiger partial charge in [0, 0.05) is 18.2 Å². The summed E-state index contributed by atoms with van der Waals surface area (Å²) >= 11 is 0. The fourth-order valence-corrected chi connectivity index (χ4v) is 5.02. The third-order valence-electron chi connectivity index (χ3n) is 4.18. The zero-order valence-electron chi connectivity index (χ0n) is 10.9. The molecule has 2 unspecified atom stereocenters. The second-order valence-corrected chi connectivity index (χ2v) is 7.67. The van der Waals surface area contributed by atoms with Crippen LogP contribution in [0.15, 0.2) is 24.3 Å². The van der Waals surface area contributed by atoms with Gasteiger partial charge in [-0.05, 0) is 30.5 Å². The van der Waals surface area contributed by atoms with Crippen LogP contribution in [0, 0.1) is 0 Å². The summed E-state index contributed by atoms with van der Waals surface area (Å²) < 4.78 is 23.3. The molecule has 0 spiro atoms. The molecule has 0 saturated carbocycles. The number of carbonyl (C=O) groups excluding carboxylic acids is 1. The number of sulfone groups is 1. The van der Waals surface area contributed by atoms with Gasteiger partial charge in [0.25, 0.3) is 5.91 Å². The molecule has 2 saturated heterocycles. The van der Waals surface area contributed by atoms with Gasteiger partial charge < -0.3 is 4.90 Å². The molecule has 1 amide bonds. The summed E-state index contributed by atoms with van der Waals surface area (Å²) in [5, 5.41) is -0.337. The summed E-state index contributed by atoms with van der Waals surface area (Å²) in [5.74, 6) is 0.0984. The Kier molecular flexibility index (Phi) is 2.89. The zero-order valence-corrected chi connectivity index (χ0v) is 11.7. The Labute approximate surface area is 113 Å². The molecule has 0 N–H and O–H groups in total. The zero-order chi connectivity index (χ0) is 13.6. The summed E-state index contributed by atoms with van der Waals surface area (Å²) in [6, 6.07) is 7.47. The lowest BCUT2D eigenvalue weighted by molar-refractivity contribution is 0.0746. The molecule has 0 radical (unpaired) electrons. The third-order valence-corrected chi connectivity index (χ3v) is 6.39. The molecule has 3 rings (SSSR count). The molecule has 0 aromatic heterocycles. The van der Waals surface area contributed by atoms with E-state index in [4.69, 9.17) is 0 Å². The molecule has 1 aromatic rings. The van der Waals surface area contributed by atoms with Gasteiger partial charge in [0.05, 0.1) is 11.0 Å². The van der Waals surface area contributed by atoms with Gasteiger partial charge in [-0.25, -0.2) is 8.42 Å². The standard InChI is InChI=1S/C14H17NO3S/c1-2-10-3-5-11(6-4-10)14(16)15-8-13-7-12(15)9-19(13,17)18/h3-6,12-13H,2,7-9H2,1H3. The van der Waals surface area contributed by atoms with Gasteiger partial charge in [0.15, 0.2) is 9.84 Å². The topological polar surface area (TPSA) is 54.5 Å². The molecule has 2 atom stereocenters. The molecule has 2 aliphatic rings. The Morgan fingerprint density at radius 1 is 1.32 bits per heavy atom. The molecule has 1 aromatic carbocycles. The molecule has 2 aliphatic heterocycles. The van der Waals surface area contributed by atoms with E-state index in [0.717, 1.165) is 6.42 Å². The van der Waals surface area contributed by atoms with E-state index in [2.05, 4.69) is 6.92 Å². The van der Waals surface area contributed by atoms with Crippen molar-refractivity contribution >= 4 is 15.7 Å². The van der Waals surface area contributed by atoms with Crippen molar-refractivity contribution in [1.29, 1.82) is 0 Å². The van der Waals surface area contributed by atoms with Crippen LogP contribution in [0.1, 0.15) is 29.3 Å². The van der Waals surface area contributed by atoms with Crippen LogP contribution < -0.4 is 0 Å². The Balaban J connectivity index is 1.79. The number of hydrogen-bond acceptors (Lipinski definition) is 3. The number of fused-ring (bicyclic) bond motifs is 2. The molecule has 19 heavy (non-hydrogen) atoms. The SMILES string of the molecule is CCc1ccc(C(=O)N2CC3CC2CS3(=O)=O)cc1. The minimum absolute atomic E-state index is 0.0370. The lowest BCUT2D eigenvalue weighted by Gasteiger charge is -2.27. The summed E-state index contributed by atoms with van der Waals surface area (Å²) in [6.07, 6.45) is 1.56. The highest BCUT2D eigenvalue weighted by molar-refractivity contribution is 7.92. The van der Waals surface area contributed by atoms with Crippen molar-refractivity contribution in [2.75, 3.05) is 12.3 Å². The van der Waals surface area contributed by atoms with E-state index in [-0.39, 0.29) is 23.0 Å². The Hall–Kier alpha value is -1.36.